The van der Waals surface area contributed by atoms with Gasteiger partial charge >= 0.3 is 0 Å². The van der Waals surface area contributed by atoms with Gasteiger partial charge in [0.05, 0.1) is 18.8 Å². The minimum atomic E-state index is 0.0151. The second-order valence-corrected chi connectivity index (χ2v) is 6.63. The van der Waals surface area contributed by atoms with E-state index in [2.05, 4.69) is 22.4 Å². The summed E-state index contributed by atoms with van der Waals surface area (Å²) in [5.41, 5.74) is 4.31. The van der Waals surface area contributed by atoms with E-state index in [1.807, 2.05) is 35.2 Å². The predicted molar refractivity (Wildman–Crippen MR) is 103 cm³/mol. The van der Waals surface area contributed by atoms with Gasteiger partial charge in [-0.3, -0.25) is 4.79 Å². The second-order valence-electron chi connectivity index (χ2n) is 6.63. The van der Waals surface area contributed by atoms with Gasteiger partial charge in [0.15, 0.2) is 0 Å². The van der Waals surface area contributed by atoms with Gasteiger partial charge in [-0.05, 0) is 43.0 Å². The Balaban J connectivity index is 1.35. The highest BCUT2D eigenvalue weighted by Crippen LogP contribution is 2.28. The van der Waals surface area contributed by atoms with Gasteiger partial charge in [0, 0.05) is 25.0 Å². The van der Waals surface area contributed by atoms with Crippen LogP contribution in [0.25, 0.3) is 0 Å². The van der Waals surface area contributed by atoms with Crippen LogP contribution in [0, 0.1) is 0 Å². The molecule has 1 N–H and O–H groups in total. The van der Waals surface area contributed by atoms with Crippen LogP contribution in [0.3, 0.4) is 0 Å². The summed E-state index contributed by atoms with van der Waals surface area (Å²) >= 11 is 0. The van der Waals surface area contributed by atoms with Crippen molar-refractivity contribution in [2.24, 2.45) is 0 Å². The molecule has 0 saturated heterocycles. The maximum atomic E-state index is 12.8. The number of amides is 1. The topological polar surface area (TPSA) is 54.5 Å². The monoisotopic (exact) mass is 349 g/mol. The molecule has 3 heterocycles. The average Bonchev–Trinajstić information content (AvgIpc) is 3.13. The van der Waals surface area contributed by atoms with Crippen LogP contribution in [0.15, 0.2) is 54.2 Å². The number of pyridine rings is 1. The van der Waals surface area contributed by atoms with E-state index in [0.717, 1.165) is 57.1 Å². The molecule has 1 aromatic heterocycles. The van der Waals surface area contributed by atoms with Crippen LogP contribution in [-0.4, -0.2) is 37.2 Å². The number of nitrogens with one attached hydrogen (secondary N) is 1. The molecule has 0 saturated carbocycles. The van der Waals surface area contributed by atoms with E-state index in [1.165, 1.54) is 11.1 Å². The number of aromatic nitrogens is 1. The van der Waals surface area contributed by atoms with Crippen molar-refractivity contribution in [3.05, 3.63) is 65.4 Å². The minimum absolute atomic E-state index is 0.0151. The summed E-state index contributed by atoms with van der Waals surface area (Å²) in [6, 6.07) is 11.8. The largest absolute Gasteiger partial charge is 0.377 e. The third kappa shape index (κ3) is 3.63. The number of fused-ring (bicyclic) bond motifs is 1. The number of carbonyl (C=O) groups is 1. The SMILES string of the molecule is O=C(c1ccc(NCCC2=CCOCC2)nc1)N1CCc2ccccc21. The number of rotatable bonds is 5. The number of anilines is 2. The van der Waals surface area contributed by atoms with Gasteiger partial charge in [0.1, 0.15) is 5.82 Å². The number of nitrogens with zero attached hydrogens (tertiary/aromatic N) is 2. The number of para-hydroxylation sites is 1. The molecule has 4 rings (SSSR count). The summed E-state index contributed by atoms with van der Waals surface area (Å²) in [4.78, 5) is 19.0. The zero-order valence-electron chi connectivity index (χ0n) is 14.8. The van der Waals surface area contributed by atoms with E-state index in [4.69, 9.17) is 4.74 Å². The van der Waals surface area contributed by atoms with Crippen LogP contribution in [0.1, 0.15) is 28.8 Å². The Bertz CT molecular complexity index is 814. The van der Waals surface area contributed by atoms with E-state index in [1.54, 1.807) is 6.20 Å². The molecule has 0 radical (unpaired) electrons. The van der Waals surface area contributed by atoms with Crippen molar-refractivity contribution in [3.63, 3.8) is 0 Å². The third-order valence-corrected chi connectivity index (χ3v) is 4.95. The van der Waals surface area contributed by atoms with Crippen molar-refractivity contribution in [1.82, 2.24) is 4.98 Å². The zero-order chi connectivity index (χ0) is 17.8. The Morgan fingerprint density at radius 3 is 2.92 bits per heavy atom. The smallest absolute Gasteiger partial charge is 0.259 e. The van der Waals surface area contributed by atoms with Crippen LogP contribution in [0.2, 0.25) is 0 Å². The number of hydrogen-bond acceptors (Lipinski definition) is 4. The lowest BCUT2D eigenvalue weighted by Crippen LogP contribution is -2.28. The first-order valence-corrected chi connectivity index (χ1v) is 9.16. The van der Waals surface area contributed by atoms with Gasteiger partial charge in [0.25, 0.3) is 5.91 Å². The Labute approximate surface area is 153 Å². The van der Waals surface area contributed by atoms with Gasteiger partial charge in [-0.15, -0.1) is 0 Å². The van der Waals surface area contributed by atoms with Crippen LogP contribution in [-0.2, 0) is 11.2 Å². The van der Waals surface area contributed by atoms with E-state index in [9.17, 15) is 4.79 Å². The fourth-order valence-corrected chi connectivity index (χ4v) is 3.47. The molecule has 0 aliphatic carbocycles. The van der Waals surface area contributed by atoms with Gasteiger partial charge in [-0.1, -0.05) is 29.8 Å². The number of ether oxygens (including phenoxy) is 1. The second kappa shape index (κ2) is 7.70. The first-order valence-electron chi connectivity index (χ1n) is 9.16. The van der Waals surface area contributed by atoms with Gasteiger partial charge in [-0.2, -0.15) is 0 Å². The molecule has 5 nitrogen and oxygen atoms in total. The Morgan fingerprint density at radius 1 is 1.19 bits per heavy atom. The van der Waals surface area contributed by atoms with Crippen LogP contribution >= 0.6 is 0 Å². The van der Waals surface area contributed by atoms with Crippen LogP contribution < -0.4 is 10.2 Å². The summed E-state index contributed by atoms with van der Waals surface area (Å²) in [5, 5.41) is 3.33. The number of carbonyl (C=O) groups excluding carboxylic acids is 1. The Morgan fingerprint density at radius 2 is 2.12 bits per heavy atom. The molecule has 0 fully saturated rings. The highest BCUT2D eigenvalue weighted by Gasteiger charge is 2.25. The van der Waals surface area contributed by atoms with E-state index in [0.29, 0.717) is 5.56 Å². The lowest BCUT2D eigenvalue weighted by atomic mass is 10.1. The molecule has 2 aliphatic heterocycles. The Kier molecular flexibility index (Phi) is 4.97. The Hall–Kier alpha value is -2.66. The summed E-state index contributed by atoms with van der Waals surface area (Å²) in [6.45, 7) is 3.12. The van der Waals surface area contributed by atoms with E-state index in [-0.39, 0.29) is 5.91 Å². The van der Waals surface area contributed by atoms with E-state index < -0.39 is 0 Å². The average molecular weight is 349 g/mol. The molecule has 2 aromatic rings. The van der Waals surface area contributed by atoms with Gasteiger partial charge in [0.2, 0.25) is 0 Å². The third-order valence-electron chi connectivity index (χ3n) is 4.95. The fourth-order valence-electron chi connectivity index (χ4n) is 3.47. The molecule has 0 bridgehead atoms. The summed E-state index contributed by atoms with van der Waals surface area (Å²) < 4.78 is 5.32. The normalized spacial score (nSPS) is 16.2. The quantitative estimate of drug-likeness (QED) is 0.840. The zero-order valence-corrected chi connectivity index (χ0v) is 14.8. The lowest BCUT2D eigenvalue weighted by Gasteiger charge is -2.17. The van der Waals surface area contributed by atoms with Gasteiger partial charge < -0.3 is 15.0 Å². The van der Waals surface area contributed by atoms with Crippen molar-refractivity contribution in [2.75, 3.05) is 36.5 Å². The van der Waals surface area contributed by atoms with Crippen molar-refractivity contribution in [2.45, 2.75) is 19.3 Å². The van der Waals surface area contributed by atoms with E-state index >= 15 is 0 Å². The highest BCUT2D eigenvalue weighted by molar-refractivity contribution is 6.07. The first-order chi connectivity index (χ1) is 12.8. The highest BCUT2D eigenvalue weighted by atomic mass is 16.5. The molecule has 0 unspecified atom stereocenters. The first kappa shape index (κ1) is 16.8. The van der Waals surface area contributed by atoms with Crippen molar-refractivity contribution in [1.29, 1.82) is 0 Å². The summed E-state index contributed by atoms with van der Waals surface area (Å²) in [7, 11) is 0. The molecule has 1 amide bonds. The lowest BCUT2D eigenvalue weighted by molar-refractivity contribution is 0.0989. The summed E-state index contributed by atoms with van der Waals surface area (Å²) in [5.74, 6) is 0.817. The molecular formula is C21H23N3O2. The van der Waals surface area contributed by atoms with Crippen LogP contribution in [0.5, 0.6) is 0 Å². The maximum absolute atomic E-state index is 12.8. The molecular weight excluding hydrogens is 326 g/mol. The molecule has 1 aromatic carbocycles. The molecule has 134 valence electrons. The van der Waals surface area contributed by atoms with Crippen molar-refractivity contribution in [3.8, 4) is 0 Å². The molecule has 5 heteroatoms. The standard InChI is InChI=1S/C21H23N3O2/c25-21(24-12-8-17-3-1-2-4-19(17)24)18-5-6-20(23-15-18)22-11-7-16-9-13-26-14-10-16/h1-6,9,15H,7-8,10-14H2,(H,22,23). The summed E-state index contributed by atoms with van der Waals surface area (Å²) in [6.07, 6.45) is 6.75. The predicted octanol–water partition coefficient (Wildman–Crippen LogP) is 3.43. The molecule has 2 aliphatic rings. The minimum Gasteiger partial charge on any atom is -0.377 e. The molecule has 0 spiro atoms. The van der Waals surface area contributed by atoms with Gasteiger partial charge in [-0.25, -0.2) is 4.98 Å². The molecule has 26 heavy (non-hydrogen) atoms. The fraction of sp³-hybridized carbons (Fsp3) is 0.333. The molecule has 0 atom stereocenters. The van der Waals surface area contributed by atoms with Crippen molar-refractivity contribution < 1.29 is 9.53 Å². The van der Waals surface area contributed by atoms with Crippen molar-refractivity contribution >= 4 is 17.4 Å². The number of hydrogen-bond donors (Lipinski definition) is 1. The van der Waals surface area contributed by atoms with Crippen LogP contribution in [0.4, 0.5) is 11.5 Å². The maximum Gasteiger partial charge on any atom is 0.259 e. The number of benzene rings is 1.